The van der Waals surface area contributed by atoms with Gasteiger partial charge in [-0.2, -0.15) is 0 Å². The van der Waals surface area contributed by atoms with Crippen LogP contribution in [0, 0.1) is 5.92 Å². The Morgan fingerprint density at radius 3 is 2.76 bits per heavy atom. The first kappa shape index (κ1) is 16.9. The lowest BCUT2D eigenvalue weighted by atomic mass is 10.1. The molecule has 1 atom stereocenters. The van der Waals surface area contributed by atoms with Crippen LogP contribution in [0.4, 0.5) is 0 Å². The largest absolute Gasteiger partial charge is 0.464 e. The molecular formula is C15H23N3O3. The normalized spacial score (nSPS) is 12.0. The van der Waals surface area contributed by atoms with E-state index in [4.69, 9.17) is 4.74 Å². The van der Waals surface area contributed by atoms with E-state index in [-0.39, 0.29) is 5.91 Å². The molecule has 6 heteroatoms. The maximum atomic E-state index is 12.2. The van der Waals surface area contributed by atoms with Gasteiger partial charge < -0.3 is 14.6 Å². The average molecular weight is 293 g/mol. The minimum Gasteiger partial charge on any atom is -0.464 e. The van der Waals surface area contributed by atoms with Crippen LogP contribution in [0.25, 0.3) is 0 Å². The standard InChI is InChI=1S/C15H23N3O3/c1-5-14(19)18(4)13(8-12-9-16-10-17-12)15(20)21-7-6-11(2)3/h5,9-11,13H,1,6-8H2,2-4H3,(H,16,17)/t13-/m0/s1. The van der Waals surface area contributed by atoms with Gasteiger partial charge in [-0.3, -0.25) is 4.79 Å². The number of hydrogen-bond donors (Lipinski definition) is 1. The fourth-order valence-corrected chi connectivity index (χ4v) is 1.77. The van der Waals surface area contributed by atoms with E-state index in [1.54, 1.807) is 13.2 Å². The number of hydrogen-bond acceptors (Lipinski definition) is 4. The second-order valence-electron chi connectivity index (χ2n) is 5.30. The number of aromatic nitrogens is 2. The van der Waals surface area contributed by atoms with Crippen LogP contribution in [-0.4, -0.2) is 46.4 Å². The van der Waals surface area contributed by atoms with E-state index in [1.807, 2.05) is 0 Å². The molecule has 0 radical (unpaired) electrons. The Hall–Kier alpha value is -2.11. The molecule has 6 nitrogen and oxygen atoms in total. The van der Waals surface area contributed by atoms with Crippen molar-refractivity contribution in [2.24, 2.45) is 5.92 Å². The van der Waals surface area contributed by atoms with Gasteiger partial charge in [0.25, 0.3) is 0 Å². The molecule has 1 aromatic rings. The van der Waals surface area contributed by atoms with Gasteiger partial charge in [-0.1, -0.05) is 20.4 Å². The zero-order valence-electron chi connectivity index (χ0n) is 12.8. The minimum atomic E-state index is -0.692. The lowest BCUT2D eigenvalue weighted by Gasteiger charge is -2.25. The van der Waals surface area contributed by atoms with Gasteiger partial charge in [-0.15, -0.1) is 0 Å². The number of rotatable bonds is 8. The van der Waals surface area contributed by atoms with E-state index in [0.717, 1.165) is 12.1 Å². The van der Waals surface area contributed by atoms with Gasteiger partial charge in [0.1, 0.15) is 6.04 Å². The molecule has 0 unspecified atom stereocenters. The second-order valence-corrected chi connectivity index (χ2v) is 5.30. The summed E-state index contributed by atoms with van der Waals surface area (Å²) in [6.07, 6.45) is 5.46. The van der Waals surface area contributed by atoms with E-state index < -0.39 is 12.0 Å². The number of nitrogens with one attached hydrogen (secondary N) is 1. The number of likely N-dealkylation sites (N-methyl/N-ethyl adjacent to an activating group) is 1. The van der Waals surface area contributed by atoms with Crippen molar-refractivity contribution < 1.29 is 14.3 Å². The van der Waals surface area contributed by atoms with Crippen molar-refractivity contribution in [3.05, 3.63) is 30.9 Å². The number of aromatic amines is 1. The summed E-state index contributed by atoms with van der Waals surface area (Å²) in [6.45, 7) is 7.91. The minimum absolute atomic E-state index is 0.319. The van der Waals surface area contributed by atoms with E-state index in [0.29, 0.717) is 18.9 Å². The molecule has 0 aliphatic carbocycles. The highest BCUT2D eigenvalue weighted by Crippen LogP contribution is 2.09. The van der Waals surface area contributed by atoms with Crippen molar-refractivity contribution in [3.8, 4) is 0 Å². The average Bonchev–Trinajstić information content (AvgIpc) is 2.95. The topological polar surface area (TPSA) is 75.3 Å². The van der Waals surface area contributed by atoms with Crippen molar-refractivity contribution in [2.45, 2.75) is 32.7 Å². The Morgan fingerprint density at radius 1 is 1.52 bits per heavy atom. The molecule has 0 fully saturated rings. The first-order valence-electron chi connectivity index (χ1n) is 6.98. The highest BCUT2D eigenvalue weighted by Gasteiger charge is 2.28. The van der Waals surface area contributed by atoms with Crippen LogP contribution >= 0.6 is 0 Å². The molecule has 0 saturated heterocycles. The van der Waals surface area contributed by atoms with Crippen molar-refractivity contribution in [1.82, 2.24) is 14.9 Å². The van der Waals surface area contributed by atoms with Crippen LogP contribution < -0.4 is 0 Å². The van der Waals surface area contributed by atoms with E-state index in [9.17, 15) is 9.59 Å². The SMILES string of the molecule is C=CC(=O)N(C)[C@@H](Cc1cnc[nH]1)C(=O)OCCC(C)C. The number of H-pyrrole nitrogens is 1. The lowest BCUT2D eigenvalue weighted by molar-refractivity contribution is -0.153. The van der Waals surface area contributed by atoms with Crippen molar-refractivity contribution in [2.75, 3.05) is 13.7 Å². The van der Waals surface area contributed by atoms with Gasteiger partial charge in [-0.05, 0) is 18.4 Å². The number of carbonyl (C=O) groups is 2. The number of imidazole rings is 1. The summed E-state index contributed by atoms with van der Waals surface area (Å²) in [6, 6.07) is -0.692. The molecule has 1 heterocycles. The monoisotopic (exact) mass is 293 g/mol. The highest BCUT2D eigenvalue weighted by molar-refractivity contribution is 5.91. The van der Waals surface area contributed by atoms with Crippen LogP contribution in [0.15, 0.2) is 25.2 Å². The quantitative estimate of drug-likeness (QED) is 0.583. The highest BCUT2D eigenvalue weighted by atomic mass is 16.5. The van der Waals surface area contributed by atoms with Crippen LogP contribution in [0.3, 0.4) is 0 Å². The number of amides is 1. The molecule has 0 aliphatic rings. The predicted octanol–water partition coefficient (Wildman–Crippen LogP) is 1.55. The third-order valence-electron chi connectivity index (χ3n) is 3.17. The summed E-state index contributed by atoms with van der Waals surface area (Å²) in [5.74, 6) is -0.278. The molecule has 1 N–H and O–H groups in total. The molecule has 1 aromatic heterocycles. The first-order chi connectivity index (χ1) is 9.95. The summed E-state index contributed by atoms with van der Waals surface area (Å²) >= 11 is 0. The summed E-state index contributed by atoms with van der Waals surface area (Å²) in [5, 5.41) is 0. The van der Waals surface area contributed by atoms with Gasteiger partial charge in [0.05, 0.1) is 12.9 Å². The fourth-order valence-electron chi connectivity index (χ4n) is 1.77. The Kier molecular flexibility index (Phi) is 6.65. The Labute approximate surface area is 125 Å². The second kappa shape index (κ2) is 8.24. The summed E-state index contributed by atoms with van der Waals surface area (Å²) < 4.78 is 5.28. The summed E-state index contributed by atoms with van der Waals surface area (Å²) in [4.78, 5) is 32.1. The Morgan fingerprint density at radius 2 is 2.24 bits per heavy atom. The van der Waals surface area contributed by atoms with Crippen LogP contribution in [-0.2, 0) is 20.7 Å². The predicted molar refractivity (Wildman–Crippen MR) is 79.5 cm³/mol. The zero-order valence-corrected chi connectivity index (χ0v) is 12.8. The molecule has 21 heavy (non-hydrogen) atoms. The third kappa shape index (κ3) is 5.41. The van der Waals surface area contributed by atoms with E-state index in [1.165, 1.54) is 17.3 Å². The molecule has 116 valence electrons. The zero-order chi connectivity index (χ0) is 15.8. The molecule has 0 aromatic carbocycles. The molecule has 1 amide bonds. The van der Waals surface area contributed by atoms with Crippen molar-refractivity contribution in [1.29, 1.82) is 0 Å². The van der Waals surface area contributed by atoms with E-state index in [2.05, 4.69) is 30.4 Å². The smallest absolute Gasteiger partial charge is 0.329 e. The number of nitrogens with zero attached hydrogens (tertiary/aromatic N) is 2. The molecule has 0 aliphatic heterocycles. The Balaban J connectivity index is 2.72. The van der Waals surface area contributed by atoms with Crippen LogP contribution in [0.2, 0.25) is 0 Å². The summed E-state index contributed by atoms with van der Waals surface area (Å²) in [7, 11) is 1.56. The molecule has 0 spiro atoms. The molecule has 1 rings (SSSR count). The maximum absolute atomic E-state index is 12.2. The molecule has 0 bridgehead atoms. The van der Waals surface area contributed by atoms with Gasteiger partial charge in [-0.25, -0.2) is 9.78 Å². The third-order valence-corrected chi connectivity index (χ3v) is 3.17. The fraction of sp³-hybridized carbons (Fsp3) is 0.533. The number of esters is 1. The Bertz CT molecular complexity index is 469. The van der Waals surface area contributed by atoms with Crippen LogP contribution in [0.5, 0.6) is 0 Å². The number of carbonyl (C=O) groups excluding carboxylic acids is 2. The maximum Gasteiger partial charge on any atom is 0.329 e. The van der Waals surface area contributed by atoms with Gasteiger partial charge >= 0.3 is 5.97 Å². The number of ether oxygens (including phenoxy) is 1. The van der Waals surface area contributed by atoms with E-state index >= 15 is 0 Å². The van der Waals surface area contributed by atoms with Crippen molar-refractivity contribution >= 4 is 11.9 Å². The lowest BCUT2D eigenvalue weighted by Crippen LogP contribution is -2.44. The molecule has 0 saturated carbocycles. The van der Waals surface area contributed by atoms with Gasteiger partial charge in [0, 0.05) is 25.4 Å². The van der Waals surface area contributed by atoms with Crippen molar-refractivity contribution in [3.63, 3.8) is 0 Å². The molecular weight excluding hydrogens is 270 g/mol. The van der Waals surface area contributed by atoms with Gasteiger partial charge in [0.15, 0.2) is 0 Å². The first-order valence-corrected chi connectivity index (χ1v) is 6.98. The van der Waals surface area contributed by atoms with Crippen LogP contribution in [0.1, 0.15) is 26.0 Å². The summed E-state index contributed by atoms with van der Waals surface area (Å²) in [5.41, 5.74) is 0.768. The van der Waals surface area contributed by atoms with Gasteiger partial charge in [0.2, 0.25) is 5.91 Å².